The van der Waals surface area contributed by atoms with Crippen molar-refractivity contribution in [3.63, 3.8) is 0 Å². The van der Waals surface area contributed by atoms with Crippen LogP contribution in [0.15, 0.2) is 70.0 Å². The van der Waals surface area contributed by atoms with E-state index in [-0.39, 0.29) is 35.9 Å². The van der Waals surface area contributed by atoms with Crippen molar-refractivity contribution < 1.29 is 18.4 Å². The molecule has 40 heavy (non-hydrogen) atoms. The summed E-state index contributed by atoms with van der Waals surface area (Å²) in [6.07, 6.45) is 1.52. The largest absolute Gasteiger partial charge is 0.417 e. The molecule has 2 heterocycles. The quantitative estimate of drug-likeness (QED) is 0.287. The van der Waals surface area contributed by atoms with Crippen molar-refractivity contribution in [3.8, 4) is 11.3 Å². The second-order valence-electron chi connectivity index (χ2n) is 10.2. The van der Waals surface area contributed by atoms with Gasteiger partial charge in [-0.25, -0.2) is 9.37 Å². The fourth-order valence-electron chi connectivity index (χ4n) is 4.25. The minimum Gasteiger partial charge on any atom is -0.417 e. The second-order valence-corrected chi connectivity index (χ2v) is 10.2. The summed E-state index contributed by atoms with van der Waals surface area (Å²) < 4.78 is 20.5. The lowest BCUT2D eigenvalue weighted by Gasteiger charge is -2.21. The molecule has 2 N–H and O–H groups in total. The summed E-state index contributed by atoms with van der Waals surface area (Å²) in [7, 11) is 1.57. The van der Waals surface area contributed by atoms with Gasteiger partial charge in [0.05, 0.1) is 23.3 Å². The summed E-state index contributed by atoms with van der Waals surface area (Å²) in [6, 6.07) is 14.0. The predicted octanol–water partition coefficient (Wildman–Crippen LogP) is 3.82. The number of Topliss-reactive ketones (excluding diaryl/α,β-unsaturated/α-hetero) is 1. The van der Waals surface area contributed by atoms with Gasteiger partial charge in [0.25, 0.3) is 11.4 Å². The highest BCUT2D eigenvalue weighted by Crippen LogP contribution is 2.31. The number of carbonyl (C=O) groups excluding carboxylic acids is 2. The maximum absolute atomic E-state index is 13.4. The van der Waals surface area contributed by atoms with Crippen LogP contribution in [0.5, 0.6) is 0 Å². The molecule has 4 aromatic rings. The third-order valence-electron chi connectivity index (χ3n) is 6.66. The van der Waals surface area contributed by atoms with Crippen molar-refractivity contribution in [1.29, 1.82) is 0 Å². The van der Waals surface area contributed by atoms with Crippen molar-refractivity contribution in [2.24, 2.45) is 5.92 Å². The topological polar surface area (TPSA) is 132 Å². The van der Waals surface area contributed by atoms with E-state index in [2.05, 4.69) is 25.8 Å². The molecule has 0 bridgehead atoms. The van der Waals surface area contributed by atoms with Crippen LogP contribution in [-0.2, 0) is 16.8 Å². The summed E-state index contributed by atoms with van der Waals surface area (Å²) in [5.41, 5.74) is 0.620. The Labute approximate surface area is 230 Å². The van der Waals surface area contributed by atoms with Gasteiger partial charge in [-0.3, -0.25) is 19.0 Å². The normalized spacial score (nSPS) is 12.3. The standard InChI is InChI=1S/C29H31FN6O4/c1-17(2)23(24(38)26-34-35-28(40-26)29(3,4)19-11-13-20(30)14-12-19)33-22(37)16-36-21(18-9-7-6-8-10-18)15-32-25(31-5)27(36)39/h6-15,17,23H,16H2,1-5H3,(H,31,32)(H,33,37)/t23-/m0/s1. The van der Waals surface area contributed by atoms with Gasteiger partial charge in [0, 0.05) is 7.05 Å². The van der Waals surface area contributed by atoms with Crippen LogP contribution >= 0.6 is 0 Å². The fraction of sp³-hybridized carbons (Fsp3) is 0.310. The number of halogens is 1. The average Bonchev–Trinajstić information content (AvgIpc) is 3.44. The predicted molar refractivity (Wildman–Crippen MR) is 147 cm³/mol. The molecule has 1 amide bonds. The molecule has 0 aliphatic heterocycles. The minimum absolute atomic E-state index is 0.0890. The average molecular weight is 547 g/mol. The van der Waals surface area contributed by atoms with Crippen molar-refractivity contribution in [2.45, 2.75) is 45.7 Å². The highest BCUT2D eigenvalue weighted by Gasteiger charge is 2.34. The van der Waals surface area contributed by atoms with Gasteiger partial charge in [-0.1, -0.05) is 56.3 Å². The van der Waals surface area contributed by atoms with Crippen molar-refractivity contribution >= 4 is 17.5 Å². The van der Waals surface area contributed by atoms with Crippen LogP contribution < -0.4 is 16.2 Å². The lowest BCUT2D eigenvalue weighted by atomic mass is 9.84. The van der Waals surface area contributed by atoms with Crippen LogP contribution in [0.3, 0.4) is 0 Å². The summed E-state index contributed by atoms with van der Waals surface area (Å²) in [4.78, 5) is 43.9. The van der Waals surface area contributed by atoms with E-state index in [4.69, 9.17) is 4.42 Å². The number of hydrogen-bond donors (Lipinski definition) is 2. The Balaban J connectivity index is 1.57. The lowest BCUT2D eigenvalue weighted by Crippen LogP contribution is -2.46. The zero-order valence-corrected chi connectivity index (χ0v) is 22.9. The first kappa shape index (κ1) is 28.3. The van der Waals surface area contributed by atoms with Gasteiger partial charge in [0.15, 0.2) is 5.82 Å². The minimum atomic E-state index is -0.990. The van der Waals surface area contributed by atoms with Crippen LogP contribution in [-0.4, -0.2) is 44.5 Å². The second kappa shape index (κ2) is 11.6. The van der Waals surface area contributed by atoms with Crippen LogP contribution in [0.1, 0.15) is 49.8 Å². The number of hydrogen-bond acceptors (Lipinski definition) is 8. The summed E-state index contributed by atoms with van der Waals surface area (Å²) in [5.74, 6) is -1.80. The molecule has 0 radical (unpaired) electrons. The van der Waals surface area contributed by atoms with Crippen LogP contribution in [0.25, 0.3) is 11.3 Å². The van der Waals surface area contributed by atoms with Gasteiger partial charge >= 0.3 is 0 Å². The molecule has 10 nitrogen and oxygen atoms in total. The Morgan fingerprint density at radius 3 is 2.35 bits per heavy atom. The fourth-order valence-corrected chi connectivity index (χ4v) is 4.25. The SMILES string of the molecule is CNc1ncc(-c2ccccc2)n(CC(=O)N[C@H](C(=O)c2nnc(C(C)(C)c3ccc(F)cc3)o2)C(C)C)c1=O. The van der Waals surface area contributed by atoms with E-state index in [1.807, 2.05) is 44.2 Å². The Morgan fingerprint density at radius 2 is 1.73 bits per heavy atom. The number of rotatable bonds is 10. The zero-order valence-electron chi connectivity index (χ0n) is 22.9. The first-order valence-electron chi connectivity index (χ1n) is 12.8. The summed E-state index contributed by atoms with van der Waals surface area (Å²) >= 11 is 0. The molecule has 1 atom stereocenters. The monoisotopic (exact) mass is 546 g/mol. The smallest absolute Gasteiger partial charge is 0.294 e. The Bertz CT molecular complexity index is 1560. The molecule has 0 aliphatic carbocycles. The number of ketones is 1. The van der Waals surface area contributed by atoms with E-state index in [9.17, 15) is 18.8 Å². The maximum Gasteiger partial charge on any atom is 0.294 e. The number of aromatic nitrogens is 4. The van der Waals surface area contributed by atoms with Gasteiger partial charge in [-0.05, 0) is 43.0 Å². The number of benzene rings is 2. The lowest BCUT2D eigenvalue weighted by molar-refractivity contribution is -0.122. The molecule has 0 aliphatic rings. The van der Waals surface area contributed by atoms with Gasteiger partial charge in [0.1, 0.15) is 12.4 Å². The van der Waals surface area contributed by atoms with E-state index >= 15 is 0 Å². The Hall–Kier alpha value is -4.67. The van der Waals surface area contributed by atoms with Crippen LogP contribution in [0.4, 0.5) is 10.2 Å². The molecular weight excluding hydrogens is 515 g/mol. The molecule has 0 unspecified atom stereocenters. The molecule has 0 saturated heterocycles. The van der Waals surface area contributed by atoms with Crippen molar-refractivity contribution in [3.05, 3.63) is 94.3 Å². The Kier molecular flexibility index (Phi) is 8.22. The molecule has 0 saturated carbocycles. The van der Waals surface area contributed by atoms with Crippen molar-refractivity contribution in [1.82, 2.24) is 25.1 Å². The number of carbonyl (C=O) groups is 2. The number of nitrogens with one attached hydrogen (secondary N) is 2. The first-order valence-corrected chi connectivity index (χ1v) is 12.8. The van der Waals surface area contributed by atoms with E-state index in [1.54, 1.807) is 33.0 Å². The molecule has 4 rings (SSSR count). The number of amides is 1. The van der Waals surface area contributed by atoms with Gasteiger partial charge < -0.3 is 15.1 Å². The Morgan fingerprint density at radius 1 is 1.05 bits per heavy atom. The number of anilines is 1. The summed E-state index contributed by atoms with van der Waals surface area (Å²) in [6.45, 7) is 6.84. The molecule has 2 aromatic heterocycles. The first-order chi connectivity index (χ1) is 19.0. The highest BCUT2D eigenvalue weighted by molar-refractivity contribution is 5.98. The molecular formula is C29H31FN6O4. The number of nitrogens with zero attached hydrogens (tertiary/aromatic N) is 4. The third-order valence-corrected chi connectivity index (χ3v) is 6.66. The van der Waals surface area contributed by atoms with Gasteiger partial charge in [0.2, 0.25) is 17.6 Å². The van der Waals surface area contributed by atoms with Gasteiger partial charge in [-0.15, -0.1) is 10.2 Å². The van der Waals surface area contributed by atoms with E-state index < -0.39 is 28.7 Å². The van der Waals surface area contributed by atoms with Crippen LogP contribution in [0, 0.1) is 11.7 Å². The molecule has 11 heteroatoms. The maximum atomic E-state index is 13.4. The highest BCUT2D eigenvalue weighted by atomic mass is 19.1. The summed E-state index contributed by atoms with van der Waals surface area (Å²) in [5, 5.41) is 13.5. The van der Waals surface area contributed by atoms with Crippen molar-refractivity contribution in [2.75, 3.05) is 12.4 Å². The molecule has 0 spiro atoms. The van der Waals surface area contributed by atoms with E-state index in [0.717, 1.165) is 5.56 Å². The van der Waals surface area contributed by atoms with Gasteiger partial charge in [-0.2, -0.15) is 0 Å². The molecule has 2 aromatic carbocycles. The van der Waals surface area contributed by atoms with Crippen LogP contribution in [0.2, 0.25) is 0 Å². The molecule has 208 valence electrons. The molecule has 0 fully saturated rings. The third kappa shape index (κ3) is 5.83. The van der Waals surface area contributed by atoms with E-state index in [0.29, 0.717) is 11.3 Å². The van der Waals surface area contributed by atoms with E-state index in [1.165, 1.54) is 22.9 Å². The zero-order chi connectivity index (χ0) is 29.0.